The molecular formula is C14H23N5S. The number of aromatic nitrogens is 4. The van der Waals surface area contributed by atoms with Crippen LogP contribution in [0.5, 0.6) is 0 Å². The summed E-state index contributed by atoms with van der Waals surface area (Å²) in [5, 5.41) is 14.3. The molecule has 2 aromatic rings. The maximum atomic E-state index is 6.22. The number of rotatable bonds is 5. The molecule has 1 unspecified atom stereocenters. The molecule has 1 aliphatic carbocycles. The van der Waals surface area contributed by atoms with Crippen LogP contribution in [0.25, 0.3) is 4.96 Å². The van der Waals surface area contributed by atoms with Crippen LogP contribution in [-0.4, -0.2) is 19.8 Å². The van der Waals surface area contributed by atoms with Gasteiger partial charge >= 0.3 is 0 Å². The van der Waals surface area contributed by atoms with Gasteiger partial charge < -0.3 is 5.73 Å². The molecule has 1 saturated carbocycles. The van der Waals surface area contributed by atoms with E-state index in [0.29, 0.717) is 5.92 Å². The van der Waals surface area contributed by atoms with Crippen LogP contribution in [0.15, 0.2) is 0 Å². The highest BCUT2D eigenvalue weighted by atomic mass is 32.1. The molecule has 3 rings (SSSR count). The summed E-state index contributed by atoms with van der Waals surface area (Å²) in [4.78, 5) is 0.896. The van der Waals surface area contributed by atoms with Crippen molar-refractivity contribution in [3.05, 3.63) is 10.8 Å². The van der Waals surface area contributed by atoms with Gasteiger partial charge in [-0.25, -0.2) is 0 Å². The molecule has 1 fully saturated rings. The SMILES string of the molecule is CCCCC(N)c1nn2c(C3CCCCC3)nnc2s1. The number of nitrogens with two attached hydrogens (primary N) is 1. The normalized spacial score (nSPS) is 18.7. The zero-order chi connectivity index (χ0) is 13.9. The average molecular weight is 293 g/mol. The number of nitrogens with zero attached hydrogens (tertiary/aromatic N) is 4. The van der Waals surface area contributed by atoms with Crippen molar-refractivity contribution in [1.82, 2.24) is 19.8 Å². The Morgan fingerprint density at radius 3 is 2.85 bits per heavy atom. The first kappa shape index (κ1) is 13.9. The highest BCUT2D eigenvalue weighted by molar-refractivity contribution is 7.16. The Morgan fingerprint density at radius 2 is 2.10 bits per heavy atom. The van der Waals surface area contributed by atoms with Crippen LogP contribution in [0, 0.1) is 0 Å². The van der Waals surface area contributed by atoms with Crippen molar-refractivity contribution in [2.24, 2.45) is 5.73 Å². The van der Waals surface area contributed by atoms with Crippen molar-refractivity contribution < 1.29 is 0 Å². The zero-order valence-electron chi connectivity index (χ0n) is 12.1. The first-order valence-corrected chi connectivity index (χ1v) is 8.59. The van der Waals surface area contributed by atoms with E-state index in [9.17, 15) is 0 Å². The molecule has 20 heavy (non-hydrogen) atoms. The second-order valence-electron chi connectivity index (χ2n) is 5.78. The predicted octanol–water partition coefficient (Wildman–Crippen LogP) is 3.42. The van der Waals surface area contributed by atoms with Crippen molar-refractivity contribution in [1.29, 1.82) is 0 Å². The molecule has 2 heterocycles. The van der Waals surface area contributed by atoms with Gasteiger partial charge in [0.25, 0.3) is 0 Å². The Bertz CT molecular complexity index is 555. The number of hydrogen-bond acceptors (Lipinski definition) is 5. The van der Waals surface area contributed by atoms with Gasteiger partial charge in [-0.3, -0.25) is 0 Å². The van der Waals surface area contributed by atoms with Crippen LogP contribution in [0.1, 0.15) is 81.1 Å². The van der Waals surface area contributed by atoms with Crippen LogP contribution in [-0.2, 0) is 0 Å². The molecule has 6 heteroatoms. The van der Waals surface area contributed by atoms with E-state index in [-0.39, 0.29) is 6.04 Å². The summed E-state index contributed by atoms with van der Waals surface area (Å²) in [5.41, 5.74) is 6.22. The van der Waals surface area contributed by atoms with Crippen molar-refractivity contribution >= 4 is 16.3 Å². The fraction of sp³-hybridized carbons (Fsp3) is 0.786. The third kappa shape index (κ3) is 2.72. The van der Waals surface area contributed by atoms with Gasteiger partial charge in [-0.05, 0) is 19.3 Å². The summed E-state index contributed by atoms with van der Waals surface area (Å²) in [6.45, 7) is 2.19. The molecule has 1 aliphatic rings. The van der Waals surface area contributed by atoms with E-state index in [1.165, 1.54) is 38.5 Å². The maximum absolute atomic E-state index is 6.22. The molecule has 1 atom stereocenters. The summed E-state index contributed by atoms with van der Waals surface area (Å²) < 4.78 is 1.95. The second-order valence-corrected chi connectivity index (χ2v) is 6.76. The Labute approximate surface area is 123 Å². The topological polar surface area (TPSA) is 69.1 Å². The molecule has 0 spiro atoms. The molecule has 0 radical (unpaired) electrons. The minimum absolute atomic E-state index is 0.0425. The highest BCUT2D eigenvalue weighted by Crippen LogP contribution is 2.33. The third-order valence-electron chi connectivity index (χ3n) is 4.19. The van der Waals surface area contributed by atoms with E-state index in [1.54, 1.807) is 11.3 Å². The number of unbranched alkanes of at least 4 members (excludes halogenated alkanes) is 1. The van der Waals surface area contributed by atoms with Gasteiger partial charge in [0.05, 0.1) is 6.04 Å². The van der Waals surface area contributed by atoms with E-state index in [1.807, 2.05) is 4.52 Å². The predicted molar refractivity (Wildman–Crippen MR) is 80.9 cm³/mol. The molecule has 0 amide bonds. The molecule has 0 aliphatic heterocycles. The lowest BCUT2D eigenvalue weighted by Crippen LogP contribution is -2.12. The Balaban J connectivity index is 1.82. The molecule has 0 bridgehead atoms. The van der Waals surface area contributed by atoms with E-state index in [2.05, 4.69) is 22.2 Å². The highest BCUT2D eigenvalue weighted by Gasteiger charge is 2.23. The summed E-state index contributed by atoms with van der Waals surface area (Å²) >= 11 is 1.59. The summed E-state index contributed by atoms with van der Waals surface area (Å²) in [6, 6.07) is 0.0425. The van der Waals surface area contributed by atoms with Crippen molar-refractivity contribution in [3.8, 4) is 0 Å². The van der Waals surface area contributed by atoms with Crippen LogP contribution in [0.2, 0.25) is 0 Å². The fourth-order valence-corrected chi connectivity index (χ4v) is 3.84. The molecule has 0 aromatic carbocycles. The van der Waals surface area contributed by atoms with Crippen LogP contribution >= 0.6 is 11.3 Å². The first-order chi connectivity index (χ1) is 9.79. The summed E-state index contributed by atoms with van der Waals surface area (Å²) in [7, 11) is 0. The van der Waals surface area contributed by atoms with Crippen LogP contribution in [0.3, 0.4) is 0 Å². The molecule has 110 valence electrons. The maximum Gasteiger partial charge on any atom is 0.234 e. The first-order valence-electron chi connectivity index (χ1n) is 7.77. The van der Waals surface area contributed by atoms with Crippen LogP contribution in [0.4, 0.5) is 0 Å². The van der Waals surface area contributed by atoms with Gasteiger partial charge in [0.15, 0.2) is 5.82 Å². The smallest absolute Gasteiger partial charge is 0.234 e. The lowest BCUT2D eigenvalue weighted by molar-refractivity contribution is 0.422. The van der Waals surface area contributed by atoms with Crippen LogP contribution < -0.4 is 5.73 Å². The van der Waals surface area contributed by atoms with Crippen molar-refractivity contribution in [3.63, 3.8) is 0 Å². The van der Waals surface area contributed by atoms with E-state index in [0.717, 1.165) is 28.6 Å². The minimum Gasteiger partial charge on any atom is -0.322 e. The van der Waals surface area contributed by atoms with E-state index in [4.69, 9.17) is 5.73 Å². The van der Waals surface area contributed by atoms with Crippen molar-refractivity contribution in [2.45, 2.75) is 70.3 Å². The molecule has 0 saturated heterocycles. The third-order valence-corrected chi connectivity index (χ3v) is 5.22. The van der Waals surface area contributed by atoms with Gasteiger partial charge in [-0.2, -0.15) is 9.61 Å². The average Bonchev–Trinajstić information content (AvgIpc) is 3.05. The summed E-state index contributed by atoms with van der Waals surface area (Å²) in [5.74, 6) is 1.57. The van der Waals surface area contributed by atoms with Gasteiger partial charge in [-0.15, -0.1) is 10.2 Å². The van der Waals surface area contributed by atoms with E-state index >= 15 is 0 Å². The number of hydrogen-bond donors (Lipinski definition) is 1. The lowest BCUT2D eigenvalue weighted by Gasteiger charge is -2.18. The monoisotopic (exact) mass is 293 g/mol. The lowest BCUT2D eigenvalue weighted by atomic mass is 9.89. The van der Waals surface area contributed by atoms with Gasteiger partial charge in [-0.1, -0.05) is 50.4 Å². The van der Waals surface area contributed by atoms with E-state index < -0.39 is 0 Å². The number of fused-ring (bicyclic) bond motifs is 1. The Kier molecular flexibility index (Phi) is 4.31. The largest absolute Gasteiger partial charge is 0.322 e. The molecule has 5 nitrogen and oxygen atoms in total. The molecular weight excluding hydrogens is 270 g/mol. The zero-order valence-corrected chi connectivity index (χ0v) is 12.9. The Morgan fingerprint density at radius 1 is 1.30 bits per heavy atom. The summed E-state index contributed by atoms with van der Waals surface area (Å²) in [6.07, 6.45) is 9.70. The standard InChI is InChI=1S/C14H23N5S/c1-2-3-9-11(15)13-18-19-12(16-17-14(19)20-13)10-7-5-4-6-8-10/h10-11H,2-9,15H2,1H3. The Hall–Kier alpha value is -1.01. The molecule has 2 N–H and O–H groups in total. The second kappa shape index (κ2) is 6.18. The van der Waals surface area contributed by atoms with Gasteiger partial charge in [0, 0.05) is 5.92 Å². The minimum atomic E-state index is 0.0425. The van der Waals surface area contributed by atoms with Crippen molar-refractivity contribution in [2.75, 3.05) is 0 Å². The van der Waals surface area contributed by atoms with Gasteiger partial charge in [0.2, 0.25) is 4.96 Å². The molecule has 2 aromatic heterocycles. The quantitative estimate of drug-likeness (QED) is 0.917. The van der Waals surface area contributed by atoms with Gasteiger partial charge in [0.1, 0.15) is 5.01 Å². The fourth-order valence-electron chi connectivity index (χ4n) is 2.96.